The molecule has 0 aliphatic heterocycles. The molecule has 0 aromatic heterocycles. The molecule has 0 saturated heterocycles. The minimum absolute atomic E-state index is 0.104. The summed E-state index contributed by atoms with van der Waals surface area (Å²) in [5.41, 5.74) is 0.647. The molecule has 0 amide bonds. The maximum Gasteiger partial charge on any atom is 0.539 e. The van der Waals surface area contributed by atoms with Crippen LogP contribution in [0.2, 0.25) is 0 Å². The van der Waals surface area contributed by atoms with E-state index in [1.165, 1.54) is 12.1 Å². The second-order valence-electron chi connectivity index (χ2n) is 4.18. The van der Waals surface area contributed by atoms with Crippen LogP contribution in [0, 0.1) is 0 Å². The zero-order valence-corrected chi connectivity index (χ0v) is 13.1. The molecule has 1 atom stereocenters. The van der Waals surface area contributed by atoms with Gasteiger partial charge in [-0.05, 0) is 17.7 Å². The van der Waals surface area contributed by atoms with Crippen molar-refractivity contribution in [2.75, 3.05) is 0 Å². The Labute approximate surface area is 127 Å². The van der Waals surface area contributed by atoms with Gasteiger partial charge in [-0.2, -0.15) is 4.31 Å². The molecule has 0 spiro atoms. The van der Waals surface area contributed by atoms with Crippen LogP contribution in [0.4, 0.5) is 0 Å². The van der Waals surface area contributed by atoms with Crippen LogP contribution < -0.4 is 4.52 Å². The lowest BCUT2D eigenvalue weighted by Gasteiger charge is -2.18. The summed E-state index contributed by atoms with van der Waals surface area (Å²) < 4.78 is 37.7. The fourth-order valence-corrected chi connectivity index (χ4v) is 3.64. The molecule has 1 unspecified atom stereocenters. The van der Waals surface area contributed by atoms with Gasteiger partial charge in [0.15, 0.2) is 0 Å². The van der Waals surface area contributed by atoms with Crippen LogP contribution in [0.5, 0.6) is 5.75 Å². The van der Waals surface area contributed by atoms with Crippen molar-refractivity contribution in [1.82, 2.24) is 0 Å². The maximum absolute atomic E-state index is 12.4. The molecule has 118 valence electrons. The Hall–Kier alpha value is -1.46. The van der Waals surface area contributed by atoms with Gasteiger partial charge in [0.05, 0.1) is 6.61 Å². The first-order valence-corrected chi connectivity index (χ1v) is 9.15. The number of rotatable bonds is 7. The summed E-state index contributed by atoms with van der Waals surface area (Å²) in [6.45, 7) is -0.190. The van der Waals surface area contributed by atoms with Crippen molar-refractivity contribution in [1.29, 1.82) is 0 Å². The van der Waals surface area contributed by atoms with Crippen molar-refractivity contribution in [2.24, 2.45) is 0 Å². The molecule has 0 radical (unpaired) electrons. The van der Waals surface area contributed by atoms with E-state index in [-0.39, 0.29) is 12.4 Å². The SMILES string of the molecule is O=P(O)(O)OP(=O)(OCc1ccccc1)Oc1ccccc1. The third kappa shape index (κ3) is 5.73. The van der Waals surface area contributed by atoms with Crippen LogP contribution in [0.15, 0.2) is 60.7 Å². The molecular weight excluding hydrogens is 330 g/mol. The van der Waals surface area contributed by atoms with E-state index in [1.54, 1.807) is 48.5 Å². The monoisotopic (exact) mass is 344 g/mol. The minimum atomic E-state index is -5.06. The van der Waals surface area contributed by atoms with Crippen LogP contribution in [-0.4, -0.2) is 9.79 Å². The van der Waals surface area contributed by atoms with E-state index in [4.69, 9.17) is 18.8 Å². The number of hydrogen-bond acceptors (Lipinski definition) is 5. The van der Waals surface area contributed by atoms with E-state index in [0.717, 1.165) is 0 Å². The summed E-state index contributed by atoms with van der Waals surface area (Å²) in [7, 11) is -9.55. The second kappa shape index (κ2) is 7.20. The smallest absolute Gasteiger partial charge is 0.404 e. The van der Waals surface area contributed by atoms with E-state index in [9.17, 15) is 9.13 Å². The minimum Gasteiger partial charge on any atom is -0.404 e. The highest BCUT2D eigenvalue weighted by Gasteiger charge is 2.37. The molecule has 22 heavy (non-hydrogen) atoms. The molecule has 0 heterocycles. The Morgan fingerprint density at radius 2 is 1.41 bits per heavy atom. The van der Waals surface area contributed by atoms with E-state index in [0.29, 0.717) is 5.56 Å². The van der Waals surface area contributed by atoms with E-state index < -0.39 is 15.6 Å². The number of benzene rings is 2. The van der Waals surface area contributed by atoms with Crippen molar-refractivity contribution >= 4 is 15.6 Å². The second-order valence-corrected chi connectivity index (χ2v) is 7.15. The highest BCUT2D eigenvalue weighted by molar-refractivity contribution is 7.61. The van der Waals surface area contributed by atoms with Crippen molar-refractivity contribution < 1.29 is 32.3 Å². The van der Waals surface area contributed by atoms with Crippen molar-refractivity contribution in [3.8, 4) is 5.75 Å². The van der Waals surface area contributed by atoms with Crippen LogP contribution >= 0.6 is 15.6 Å². The molecule has 0 bridgehead atoms. The maximum atomic E-state index is 12.4. The fraction of sp³-hybridized carbons (Fsp3) is 0.0769. The molecular formula is C13H14O7P2. The lowest BCUT2D eigenvalue weighted by atomic mass is 10.2. The Kier molecular flexibility index (Phi) is 5.53. The molecule has 2 rings (SSSR count). The first-order valence-electron chi connectivity index (χ1n) is 6.16. The highest BCUT2D eigenvalue weighted by Crippen LogP contribution is 2.61. The molecule has 0 fully saturated rings. The van der Waals surface area contributed by atoms with Gasteiger partial charge in [-0.3, -0.25) is 4.52 Å². The molecule has 0 aliphatic rings. The normalized spacial score (nSPS) is 14.3. The molecule has 7 nitrogen and oxygen atoms in total. The molecule has 2 aromatic carbocycles. The van der Waals surface area contributed by atoms with E-state index >= 15 is 0 Å². The average Bonchev–Trinajstić information content (AvgIpc) is 2.45. The van der Waals surface area contributed by atoms with Crippen molar-refractivity contribution in [3.05, 3.63) is 66.2 Å². The third-order valence-corrected chi connectivity index (χ3v) is 4.93. The topological polar surface area (TPSA) is 102 Å². The van der Waals surface area contributed by atoms with Crippen LogP contribution in [0.1, 0.15) is 5.56 Å². The van der Waals surface area contributed by atoms with Crippen LogP contribution in [-0.2, 0) is 24.6 Å². The Bertz CT molecular complexity index is 684. The first kappa shape index (κ1) is 16.9. The van der Waals surface area contributed by atoms with Gasteiger partial charge in [-0.1, -0.05) is 48.5 Å². The predicted octanol–water partition coefficient (Wildman–Crippen LogP) is 3.50. The molecule has 2 N–H and O–H groups in total. The summed E-state index contributed by atoms with van der Waals surface area (Å²) in [4.78, 5) is 17.8. The Balaban J connectivity index is 2.14. The third-order valence-electron chi connectivity index (χ3n) is 2.40. The van der Waals surface area contributed by atoms with Gasteiger partial charge in [0.2, 0.25) is 0 Å². The van der Waals surface area contributed by atoms with Gasteiger partial charge < -0.3 is 14.3 Å². The zero-order chi connectivity index (χ0) is 16.1. The van der Waals surface area contributed by atoms with Crippen molar-refractivity contribution in [3.63, 3.8) is 0 Å². The van der Waals surface area contributed by atoms with Crippen molar-refractivity contribution in [2.45, 2.75) is 6.61 Å². The summed E-state index contributed by atoms with van der Waals surface area (Å²) in [6.07, 6.45) is 0. The number of phosphoric acid groups is 2. The standard InChI is InChI=1S/C13H14O7P2/c14-21(15,16)20-22(17,19-13-9-5-2-6-10-13)18-11-12-7-3-1-4-8-12/h1-10H,11H2,(H2,14,15,16). The average molecular weight is 344 g/mol. The van der Waals surface area contributed by atoms with Gasteiger partial charge >= 0.3 is 15.6 Å². The summed E-state index contributed by atoms with van der Waals surface area (Å²) >= 11 is 0. The summed E-state index contributed by atoms with van der Waals surface area (Å²) in [5, 5.41) is 0. The Morgan fingerprint density at radius 3 is 1.95 bits per heavy atom. The fourth-order valence-electron chi connectivity index (χ4n) is 1.54. The zero-order valence-electron chi connectivity index (χ0n) is 11.3. The predicted molar refractivity (Wildman–Crippen MR) is 79.0 cm³/mol. The van der Waals surface area contributed by atoms with Gasteiger partial charge in [-0.25, -0.2) is 9.13 Å². The van der Waals surface area contributed by atoms with Crippen LogP contribution in [0.3, 0.4) is 0 Å². The quantitative estimate of drug-likeness (QED) is 0.741. The number of phosphoric ester groups is 1. The van der Waals surface area contributed by atoms with E-state index in [2.05, 4.69) is 4.31 Å². The van der Waals surface area contributed by atoms with E-state index in [1.807, 2.05) is 0 Å². The molecule has 9 heteroatoms. The highest BCUT2D eigenvalue weighted by atomic mass is 31.3. The van der Waals surface area contributed by atoms with Crippen LogP contribution in [0.25, 0.3) is 0 Å². The van der Waals surface area contributed by atoms with Gasteiger partial charge in [0.1, 0.15) is 5.75 Å². The Morgan fingerprint density at radius 1 is 0.864 bits per heavy atom. The molecule has 0 saturated carbocycles. The largest absolute Gasteiger partial charge is 0.539 e. The van der Waals surface area contributed by atoms with Gasteiger partial charge in [-0.15, -0.1) is 0 Å². The lowest BCUT2D eigenvalue weighted by molar-refractivity contribution is 0.177. The molecule has 0 aliphatic carbocycles. The number of hydrogen-bond donors (Lipinski definition) is 2. The lowest BCUT2D eigenvalue weighted by Crippen LogP contribution is -2.02. The van der Waals surface area contributed by atoms with Gasteiger partial charge in [0.25, 0.3) is 0 Å². The summed E-state index contributed by atoms with van der Waals surface area (Å²) in [6, 6.07) is 16.5. The van der Waals surface area contributed by atoms with Gasteiger partial charge in [0, 0.05) is 0 Å². The summed E-state index contributed by atoms with van der Waals surface area (Å²) in [5.74, 6) is 0.104. The number of para-hydroxylation sites is 1. The molecule has 2 aromatic rings. The first-order chi connectivity index (χ1) is 10.4.